The first-order chi connectivity index (χ1) is 10.0. The lowest BCUT2D eigenvalue weighted by molar-refractivity contribution is 0.0472. The summed E-state index contributed by atoms with van der Waals surface area (Å²) in [5, 5.41) is -0.0560. The summed E-state index contributed by atoms with van der Waals surface area (Å²) in [5.74, 6) is -0.664. The summed E-state index contributed by atoms with van der Waals surface area (Å²) in [6, 6.07) is 8.87. The van der Waals surface area contributed by atoms with Crippen LogP contribution in [0.3, 0.4) is 0 Å². The molecule has 0 amide bonds. The first kappa shape index (κ1) is 15.1. The molecular formula is C15H13ClFNO3. The molecule has 110 valence electrons. The van der Waals surface area contributed by atoms with Crippen molar-refractivity contribution >= 4 is 23.3 Å². The second-order valence-electron chi connectivity index (χ2n) is 4.25. The molecule has 6 heteroatoms. The van der Waals surface area contributed by atoms with Crippen molar-refractivity contribution in [3.63, 3.8) is 0 Å². The van der Waals surface area contributed by atoms with Gasteiger partial charge in [0.1, 0.15) is 18.2 Å². The van der Waals surface area contributed by atoms with Crippen LogP contribution in [0.1, 0.15) is 15.9 Å². The van der Waals surface area contributed by atoms with Gasteiger partial charge in [-0.05, 0) is 24.3 Å². The Morgan fingerprint density at radius 1 is 1.33 bits per heavy atom. The van der Waals surface area contributed by atoms with E-state index in [1.54, 1.807) is 12.1 Å². The lowest BCUT2D eigenvalue weighted by Gasteiger charge is -2.09. The Morgan fingerprint density at radius 2 is 2.10 bits per heavy atom. The Kier molecular flexibility index (Phi) is 4.65. The quantitative estimate of drug-likeness (QED) is 0.694. The lowest BCUT2D eigenvalue weighted by Crippen LogP contribution is -2.07. The van der Waals surface area contributed by atoms with E-state index in [4.69, 9.17) is 26.8 Å². The molecule has 0 aliphatic carbocycles. The van der Waals surface area contributed by atoms with Crippen LogP contribution in [0.5, 0.6) is 5.75 Å². The number of rotatable bonds is 4. The highest BCUT2D eigenvalue weighted by Gasteiger charge is 2.12. The van der Waals surface area contributed by atoms with Gasteiger partial charge in [-0.2, -0.15) is 0 Å². The average molecular weight is 310 g/mol. The van der Waals surface area contributed by atoms with E-state index in [0.29, 0.717) is 17.0 Å². The summed E-state index contributed by atoms with van der Waals surface area (Å²) in [6.45, 7) is -0.124. The minimum absolute atomic E-state index is 0.0560. The Hall–Kier alpha value is -2.27. The first-order valence-electron chi connectivity index (χ1n) is 6.06. The van der Waals surface area contributed by atoms with Crippen LogP contribution in [-0.4, -0.2) is 13.1 Å². The van der Waals surface area contributed by atoms with E-state index >= 15 is 0 Å². The zero-order chi connectivity index (χ0) is 15.4. The second kappa shape index (κ2) is 6.45. The van der Waals surface area contributed by atoms with Crippen LogP contribution in [0.2, 0.25) is 5.02 Å². The molecule has 0 spiro atoms. The summed E-state index contributed by atoms with van der Waals surface area (Å²) >= 11 is 5.78. The highest BCUT2D eigenvalue weighted by Crippen LogP contribution is 2.23. The summed E-state index contributed by atoms with van der Waals surface area (Å²) < 4.78 is 23.4. The fourth-order valence-corrected chi connectivity index (χ4v) is 1.93. The molecule has 0 aromatic heterocycles. The van der Waals surface area contributed by atoms with Gasteiger partial charge >= 0.3 is 5.97 Å². The van der Waals surface area contributed by atoms with Gasteiger partial charge in [0.25, 0.3) is 0 Å². The third kappa shape index (κ3) is 3.44. The van der Waals surface area contributed by atoms with Crippen LogP contribution in [-0.2, 0) is 11.3 Å². The molecule has 0 atom stereocenters. The number of carbonyl (C=O) groups is 1. The van der Waals surface area contributed by atoms with E-state index in [1.165, 1.54) is 31.4 Å². The third-order valence-corrected chi connectivity index (χ3v) is 3.28. The highest BCUT2D eigenvalue weighted by atomic mass is 35.5. The molecule has 4 nitrogen and oxygen atoms in total. The van der Waals surface area contributed by atoms with Gasteiger partial charge in [0, 0.05) is 5.56 Å². The number of hydrogen-bond donors (Lipinski definition) is 1. The molecule has 2 rings (SSSR count). The Bertz CT molecular complexity index is 676. The van der Waals surface area contributed by atoms with Crippen LogP contribution in [0.15, 0.2) is 36.4 Å². The molecule has 0 unspecified atom stereocenters. The SMILES string of the molecule is COc1ccc(C(=O)OCc2cccc(F)c2Cl)cc1N. The summed E-state index contributed by atoms with van der Waals surface area (Å²) in [4.78, 5) is 11.9. The minimum Gasteiger partial charge on any atom is -0.495 e. The molecule has 0 fully saturated rings. The number of nitrogens with two attached hydrogens (primary N) is 1. The molecule has 0 radical (unpaired) electrons. The molecule has 0 saturated carbocycles. The van der Waals surface area contributed by atoms with Gasteiger partial charge in [0.2, 0.25) is 0 Å². The molecule has 0 aliphatic rings. The Balaban J connectivity index is 2.08. The molecular weight excluding hydrogens is 297 g/mol. The van der Waals surface area contributed by atoms with Crippen molar-refractivity contribution in [1.82, 2.24) is 0 Å². The van der Waals surface area contributed by atoms with Gasteiger partial charge in [-0.15, -0.1) is 0 Å². The van der Waals surface area contributed by atoms with Crippen molar-refractivity contribution in [3.05, 3.63) is 58.4 Å². The fraction of sp³-hybridized carbons (Fsp3) is 0.133. The zero-order valence-corrected chi connectivity index (χ0v) is 12.0. The normalized spacial score (nSPS) is 10.2. The second-order valence-corrected chi connectivity index (χ2v) is 4.62. The number of benzene rings is 2. The van der Waals surface area contributed by atoms with Crippen molar-refractivity contribution in [2.24, 2.45) is 0 Å². The molecule has 2 aromatic carbocycles. The maximum absolute atomic E-state index is 13.3. The standard InChI is InChI=1S/C15H13ClFNO3/c1-20-13-6-5-9(7-12(13)18)15(19)21-8-10-3-2-4-11(17)14(10)16/h2-7H,8,18H2,1H3. The van der Waals surface area contributed by atoms with E-state index < -0.39 is 11.8 Å². The zero-order valence-electron chi connectivity index (χ0n) is 11.2. The number of esters is 1. The van der Waals surface area contributed by atoms with Crippen molar-refractivity contribution in [2.75, 3.05) is 12.8 Å². The predicted molar refractivity (Wildman–Crippen MR) is 77.9 cm³/mol. The third-order valence-electron chi connectivity index (χ3n) is 2.86. The van der Waals surface area contributed by atoms with E-state index in [1.807, 2.05) is 0 Å². The molecule has 2 aromatic rings. The highest BCUT2D eigenvalue weighted by molar-refractivity contribution is 6.31. The monoisotopic (exact) mass is 309 g/mol. The van der Waals surface area contributed by atoms with Gasteiger partial charge in [-0.3, -0.25) is 0 Å². The van der Waals surface area contributed by atoms with Crippen LogP contribution >= 0.6 is 11.6 Å². The molecule has 0 saturated heterocycles. The van der Waals surface area contributed by atoms with Crippen molar-refractivity contribution in [1.29, 1.82) is 0 Å². The summed E-state index contributed by atoms with van der Waals surface area (Å²) in [5.41, 5.74) is 6.72. The number of methoxy groups -OCH3 is 1. The van der Waals surface area contributed by atoms with E-state index in [0.717, 1.165) is 0 Å². The Morgan fingerprint density at radius 3 is 2.76 bits per heavy atom. The number of ether oxygens (including phenoxy) is 2. The molecule has 0 bridgehead atoms. The maximum Gasteiger partial charge on any atom is 0.338 e. The van der Waals surface area contributed by atoms with Crippen LogP contribution < -0.4 is 10.5 Å². The molecule has 0 heterocycles. The van der Waals surface area contributed by atoms with Gasteiger partial charge in [-0.25, -0.2) is 9.18 Å². The molecule has 21 heavy (non-hydrogen) atoms. The number of nitrogen functional groups attached to an aromatic ring is 1. The van der Waals surface area contributed by atoms with Gasteiger partial charge in [0.15, 0.2) is 0 Å². The van der Waals surface area contributed by atoms with Crippen LogP contribution in [0.25, 0.3) is 0 Å². The van der Waals surface area contributed by atoms with Crippen molar-refractivity contribution < 1.29 is 18.7 Å². The van der Waals surface area contributed by atoms with Gasteiger partial charge < -0.3 is 15.2 Å². The van der Waals surface area contributed by atoms with Gasteiger partial charge in [-0.1, -0.05) is 23.7 Å². The number of anilines is 1. The topological polar surface area (TPSA) is 61.5 Å². The maximum atomic E-state index is 13.3. The average Bonchev–Trinajstić information content (AvgIpc) is 2.48. The number of hydrogen-bond acceptors (Lipinski definition) is 4. The van der Waals surface area contributed by atoms with E-state index in [-0.39, 0.29) is 17.2 Å². The van der Waals surface area contributed by atoms with Gasteiger partial charge in [0.05, 0.1) is 23.4 Å². The van der Waals surface area contributed by atoms with Crippen molar-refractivity contribution in [3.8, 4) is 5.75 Å². The largest absolute Gasteiger partial charge is 0.495 e. The molecule has 0 aliphatic heterocycles. The fourth-order valence-electron chi connectivity index (χ4n) is 1.75. The summed E-state index contributed by atoms with van der Waals surface area (Å²) in [6.07, 6.45) is 0. The lowest BCUT2D eigenvalue weighted by atomic mass is 10.2. The van der Waals surface area contributed by atoms with Crippen molar-refractivity contribution in [2.45, 2.75) is 6.61 Å². The number of carbonyl (C=O) groups excluding carboxylic acids is 1. The predicted octanol–water partition coefficient (Wildman–Crippen LogP) is 3.43. The number of halogens is 2. The van der Waals surface area contributed by atoms with Crippen LogP contribution in [0, 0.1) is 5.82 Å². The van der Waals surface area contributed by atoms with E-state index in [2.05, 4.69) is 0 Å². The smallest absolute Gasteiger partial charge is 0.338 e. The molecule has 2 N–H and O–H groups in total. The minimum atomic E-state index is -0.579. The van der Waals surface area contributed by atoms with E-state index in [9.17, 15) is 9.18 Å². The first-order valence-corrected chi connectivity index (χ1v) is 6.44. The Labute approximate surface area is 126 Å². The summed E-state index contributed by atoms with van der Waals surface area (Å²) in [7, 11) is 1.48. The van der Waals surface area contributed by atoms with Crippen LogP contribution in [0.4, 0.5) is 10.1 Å².